The van der Waals surface area contributed by atoms with E-state index in [1.807, 2.05) is 32.0 Å². The van der Waals surface area contributed by atoms with E-state index in [2.05, 4.69) is 15.5 Å². The molecule has 0 fully saturated rings. The monoisotopic (exact) mass is 462 g/mol. The van der Waals surface area contributed by atoms with Crippen molar-refractivity contribution in [2.45, 2.75) is 24.7 Å². The highest BCUT2D eigenvalue weighted by atomic mass is 32.2. The summed E-state index contributed by atoms with van der Waals surface area (Å²) in [6.45, 7) is 4.12. The molecule has 0 saturated carbocycles. The maximum Gasteiger partial charge on any atom is 0.257 e. The molecule has 1 amide bonds. The number of anilines is 2. The smallest absolute Gasteiger partial charge is 0.257 e. The van der Waals surface area contributed by atoms with Crippen molar-refractivity contribution in [3.63, 3.8) is 0 Å². The van der Waals surface area contributed by atoms with Crippen molar-refractivity contribution in [3.05, 3.63) is 65.2 Å². The third-order valence-electron chi connectivity index (χ3n) is 4.13. The molecule has 7 nitrogen and oxygen atoms in total. The average Bonchev–Trinajstić information content (AvgIpc) is 3.13. The summed E-state index contributed by atoms with van der Waals surface area (Å²) in [6.07, 6.45) is 1.18. The first kappa shape index (κ1) is 22.3. The van der Waals surface area contributed by atoms with Crippen molar-refractivity contribution < 1.29 is 13.2 Å². The number of carbonyl (C=O) groups excluding carboxylic acids is 1. The Labute approximate surface area is 184 Å². The lowest BCUT2D eigenvalue weighted by atomic mass is 10.1. The highest BCUT2D eigenvalue weighted by molar-refractivity contribution is 8.01. The van der Waals surface area contributed by atoms with Crippen LogP contribution in [0, 0.1) is 6.92 Å². The van der Waals surface area contributed by atoms with Crippen LogP contribution < -0.4 is 9.62 Å². The van der Waals surface area contributed by atoms with Gasteiger partial charge in [-0.1, -0.05) is 54.3 Å². The molecule has 0 saturated heterocycles. The van der Waals surface area contributed by atoms with E-state index in [1.165, 1.54) is 21.9 Å². The number of aryl methyl sites for hydroxylation is 1. The van der Waals surface area contributed by atoms with Crippen LogP contribution in [0.4, 0.5) is 10.8 Å². The third-order valence-corrected chi connectivity index (χ3v) is 7.12. The van der Waals surface area contributed by atoms with E-state index in [-0.39, 0.29) is 12.5 Å². The maximum absolute atomic E-state index is 12.4. The first-order valence-electron chi connectivity index (χ1n) is 9.17. The van der Waals surface area contributed by atoms with Gasteiger partial charge in [-0.05, 0) is 48.1 Å². The predicted octanol–water partition coefficient (Wildman–Crippen LogP) is 4.18. The molecule has 1 aromatic heterocycles. The summed E-state index contributed by atoms with van der Waals surface area (Å²) in [7, 11) is -3.46. The summed E-state index contributed by atoms with van der Waals surface area (Å²) >= 11 is 2.90. The molecule has 0 aliphatic heterocycles. The molecule has 0 unspecified atom stereocenters. The van der Waals surface area contributed by atoms with E-state index in [0.29, 0.717) is 16.4 Å². The van der Waals surface area contributed by atoms with Crippen LogP contribution in [0.5, 0.6) is 0 Å². The molecule has 30 heavy (non-hydrogen) atoms. The predicted molar refractivity (Wildman–Crippen MR) is 123 cm³/mol. The molecule has 3 aromatic rings. The Hall–Kier alpha value is -2.43. The zero-order chi connectivity index (χ0) is 21.7. The molecule has 0 atom stereocenters. The van der Waals surface area contributed by atoms with Crippen LogP contribution in [0.3, 0.4) is 0 Å². The van der Waals surface area contributed by atoms with Gasteiger partial charge >= 0.3 is 0 Å². The summed E-state index contributed by atoms with van der Waals surface area (Å²) in [5.41, 5.74) is 2.82. The van der Waals surface area contributed by atoms with Gasteiger partial charge in [0.15, 0.2) is 4.34 Å². The van der Waals surface area contributed by atoms with Gasteiger partial charge in [-0.25, -0.2) is 8.42 Å². The van der Waals surface area contributed by atoms with Gasteiger partial charge in [-0.15, -0.1) is 10.2 Å². The quantitative estimate of drug-likeness (QED) is 0.399. The number of carbonyl (C=O) groups is 1. The molecule has 158 valence electrons. The number of hydrogen-bond acceptors (Lipinski definition) is 7. The largest absolute Gasteiger partial charge is 0.296 e. The number of benzene rings is 2. The minimum atomic E-state index is -3.46. The van der Waals surface area contributed by atoms with E-state index in [4.69, 9.17) is 0 Å². The van der Waals surface area contributed by atoms with Crippen LogP contribution in [0.2, 0.25) is 0 Å². The van der Waals surface area contributed by atoms with Crippen LogP contribution >= 0.6 is 23.1 Å². The van der Waals surface area contributed by atoms with Crippen LogP contribution in [0.15, 0.2) is 52.9 Å². The zero-order valence-electron chi connectivity index (χ0n) is 16.8. The molecular formula is C20H22N4O3S3. The second-order valence-corrected chi connectivity index (χ2v) is 11.0. The van der Waals surface area contributed by atoms with E-state index in [9.17, 15) is 13.2 Å². The van der Waals surface area contributed by atoms with E-state index in [0.717, 1.165) is 21.2 Å². The molecule has 1 N–H and O–H groups in total. The molecule has 0 aliphatic rings. The Balaban J connectivity index is 1.72. The van der Waals surface area contributed by atoms with Gasteiger partial charge < -0.3 is 0 Å². The Bertz CT molecular complexity index is 1130. The van der Waals surface area contributed by atoms with Crippen molar-refractivity contribution in [1.82, 2.24) is 10.2 Å². The van der Waals surface area contributed by atoms with Gasteiger partial charge in [0.1, 0.15) is 0 Å². The maximum atomic E-state index is 12.4. The molecule has 3 rings (SSSR count). The van der Waals surface area contributed by atoms with Gasteiger partial charge in [0, 0.05) is 5.56 Å². The molecule has 0 spiro atoms. The molecule has 0 radical (unpaired) electrons. The van der Waals surface area contributed by atoms with E-state index in [1.54, 1.807) is 42.1 Å². The van der Waals surface area contributed by atoms with Crippen LogP contribution in [0.1, 0.15) is 28.4 Å². The molecule has 0 bridgehead atoms. The highest BCUT2D eigenvalue weighted by Gasteiger charge is 2.18. The number of rotatable bonds is 8. The lowest BCUT2D eigenvalue weighted by Gasteiger charge is -2.23. The molecular weight excluding hydrogens is 440 g/mol. The lowest BCUT2D eigenvalue weighted by Crippen LogP contribution is -2.29. The van der Waals surface area contributed by atoms with Crippen molar-refractivity contribution in [2.75, 3.05) is 21.6 Å². The summed E-state index contributed by atoms with van der Waals surface area (Å²) in [6, 6.07) is 14.2. The summed E-state index contributed by atoms with van der Waals surface area (Å²) < 4.78 is 26.8. The number of nitrogens with zero attached hydrogens (tertiary/aromatic N) is 3. The van der Waals surface area contributed by atoms with Gasteiger partial charge in [0.25, 0.3) is 5.91 Å². The van der Waals surface area contributed by atoms with E-state index < -0.39 is 10.0 Å². The lowest BCUT2D eigenvalue weighted by molar-refractivity contribution is 0.102. The average molecular weight is 463 g/mol. The van der Waals surface area contributed by atoms with Crippen molar-refractivity contribution in [2.24, 2.45) is 0 Å². The van der Waals surface area contributed by atoms with Gasteiger partial charge in [-0.3, -0.25) is 14.4 Å². The number of hydrogen-bond donors (Lipinski definition) is 1. The second-order valence-electron chi connectivity index (χ2n) is 6.57. The SMILES string of the molecule is CCSc1nnc(NC(=O)c2ccc(CN(c3cccc(C)c3)S(C)(=O)=O)cc2)s1. The first-order chi connectivity index (χ1) is 14.3. The fraction of sp³-hybridized carbons (Fsp3) is 0.250. The van der Waals surface area contributed by atoms with Gasteiger partial charge in [-0.2, -0.15) is 0 Å². The Morgan fingerprint density at radius 1 is 1.17 bits per heavy atom. The number of amides is 1. The number of thioether (sulfide) groups is 1. The van der Waals surface area contributed by atoms with Crippen LogP contribution in [-0.2, 0) is 16.6 Å². The van der Waals surface area contributed by atoms with Crippen molar-refractivity contribution in [1.29, 1.82) is 0 Å². The number of aromatic nitrogens is 2. The highest BCUT2D eigenvalue weighted by Crippen LogP contribution is 2.25. The normalized spacial score (nSPS) is 11.3. The topological polar surface area (TPSA) is 92.3 Å². The third kappa shape index (κ3) is 5.80. The minimum Gasteiger partial charge on any atom is -0.296 e. The molecule has 10 heteroatoms. The molecule has 2 aromatic carbocycles. The Morgan fingerprint density at radius 2 is 1.90 bits per heavy atom. The summed E-state index contributed by atoms with van der Waals surface area (Å²) in [5.74, 6) is 0.598. The second kappa shape index (κ2) is 9.59. The summed E-state index contributed by atoms with van der Waals surface area (Å²) in [5, 5.41) is 11.2. The Morgan fingerprint density at radius 3 is 2.53 bits per heavy atom. The zero-order valence-corrected chi connectivity index (χ0v) is 19.3. The molecule has 1 heterocycles. The standard InChI is InChI=1S/C20H22N4O3S3/c1-4-28-20-23-22-19(29-20)21-18(25)16-10-8-15(9-11-16)13-24(30(3,26)27)17-7-5-6-14(2)12-17/h5-12H,4,13H2,1-3H3,(H,21,22,25). The van der Waals surface area contributed by atoms with Crippen molar-refractivity contribution in [3.8, 4) is 0 Å². The summed E-state index contributed by atoms with van der Waals surface area (Å²) in [4.78, 5) is 12.4. The minimum absolute atomic E-state index is 0.179. The molecule has 0 aliphatic carbocycles. The van der Waals surface area contributed by atoms with Gasteiger partial charge in [0.05, 0.1) is 18.5 Å². The van der Waals surface area contributed by atoms with Crippen LogP contribution in [0.25, 0.3) is 0 Å². The fourth-order valence-electron chi connectivity index (χ4n) is 2.72. The number of nitrogens with one attached hydrogen (secondary N) is 1. The number of sulfonamides is 1. The first-order valence-corrected chi connectivity index (χ1v) is 12.8. The van der Waals surface area contributed by atoms with Crippen LogP contribution in [-0.4, -0.2) is 36.5 Å². The van der Waals surface area contributed by atoms with Crippen molar-refractivity contribution >= 4 is 49.8 Å². The Kier molecular flexibility index (Phi) is 7.11. The fourth-order valence-corrected chi connectivity index (χ4v) is 5.25. The van der Waals surface area contributed by atoms with E-state index >= 15 is 0 Å². The van der Waals surface area contributed by atoms with Gasteiger partial charge in [0.2, 0.25) is 15.2 Å².